The number of nitrogens with zero attached hydrogens (tertiary/aromatic N) is 1. The Labute approximate surface area is 91.2 Å². The summed E-state index contributed by atoms with van der Waals surface area (Å²) in [5.41, 5.74) is 5.57. The molecule has 0 spiro atoms. The molecule has 78 valence electrons. The molecule has 3 N–H and O–H groups in total. The topological polar surface area (TPSA) is 60.2 Å². The standard InChI is InChI=1S/C8H13N3OS2/c9-11-8(6-3-14-5-10-6)7-4-13-2-1-12-7/h3,5,7-8,11H,1-2,4,9H2. The number of hydrogen-bond donors (Lipinski definition) is 2. The van der Waals surface area contributed by atoms with Gasteiger partial charge in [-0.1, -0.05) is 0 Å². The van der Waals surface area contributed by atoms with Crippen molar-refractivity contribution in [1.29, 1.82) is 0 Å². The van der Waals surface area contributed by atoms with Gasteiger partial charge in [-0.15, -0.1) is 11.3 Å². The van der Waals surface area contributed by atoms with E-state index in [1.807, 2.05) is 22.7 Å². The molecule has 0 aliphatic carbocycles. The lowest BCUT2D eigenvalue weighted by Crippen LogP contribution is -2.41. The molecular formula is C8H13N3OS2. The molecule has 4 nitrogen and oxygen atoms in total. The molecule has 1 aliphatic rings. The summed E-state index contributed by atoms with van der Waals surface area (Å²) in [4.78, 5) is 4.25. The number of aromatic nitrogens is 1. The van der Waals surface area contributed by atoms with E-state index in [-0.39, 0.29) is 12.1 Å². The highest BCUT2D eigenvalue weighted by Crippen LogP contribution is 2.24. The Morgan fingerprint density at radius 3 is 3.21 bits per heavy atom. The number of thioether (sulfide) groups is 1. The highest BCUT2D eigenvalue weighted by atomic mass is 32.2. The Kier molecular flexibility index (Phi) is 3.77. The number of nitrogens with one attached hydrogen (secondary N) is 1. The van der Waals surface area contributed by atoms with Crippen molar-refractivity contribution >= 4 is 23.1 Å². The third kappa shape index (κ3) is 2.26. The molecule has 2 heterocycles. The third-order valence-electron chi connectivity index (χ3n) is 2.16. The van der Waals surface area contributed by atoms with Crippen LogP contribution in [0.1, 0.15) is 11.7 Å². The van der Waals surface area contributed by atoms with E-state index in [0.717, 1.165) is 23.8 Å². The van der Waals surface area contributed by atoms with Crippen molar-refractivity contribution in [3.8, 4) is 0 Å². The van der Waals surface area contributed by atoms with Crippen molar-refractivity contribution in [3.63, 3.8) is 0 Å². The minimum absolute atomic E-state index is 0.0223. The lowest BCUT2D eigenvalue weighted by molar-refractivity contribution is 0.0458. The van der Waals surface area contributed by atoms with Gasteiger partial charge in [0.25, 0.3) is 0 Å². The quantitative estimate of drug-likeness (QED) is 0.594. The van der Waals surface area contributed by atoms with E-state index < -0.39 is 0 Å². The summed E-state index contributed by atoms with van der Waals surface area (Å²) in [6.45, 7) is 0.803. The van der Waals surface area contributed by atoms with Gasteiger partial charge in [0.05, 0.1) is 30.0 Å². The van der Waals surface area contributed by atoms with E-state index in [0.29, 0.717) is 0 Å². The molecule has 1 aromatic heterocycles. The van der Waals surface area contributed by atoms with Crippen LogP contribution in [0.3, 0.4) is 0 Å². The van der Waals surface area contributed by atoms with Crippen LogP contribution in [0, 0.1) is 0 Å². The molecule has 6 heteroatoms. The number of hydrogen-bond acceptors (Lipinski definition) is 6. The molecule has 0 saturated carbocycles. The average molecular weight is 231 g/mol. The molecule has 0 amide bonds. The van der Waals surface area contributed by atoms with Crippen molar-refractivity contribution < 1.29 is 4.74 Å². The maximum Gasteiger partial charge on any atom is 0.0910 e. The van der Waals surface area contributed by atoms with Crippen LogP contribution in [0.15, 0.2) is 10.9 Å². The summed E-state index contributed by atoms with van der Waals surface area (Å²) in [7, 11) is 0. The molecule has 1 aromatic rings. The van der Waals surface area contributed by atoms with Gasteiger partial charge in [0.2, 0.25) is 0 Å². The van der Waals surface area contributed by atoms with E-state index in [4.69, 9.17) is 10.6 Å². The van der Waals surface area contributed by atoms with Crippen LogP contribution in [0.25, 0.3) is 0 Å². The van der Waals surface area contributed by atoms with Gasteiger partial charge >= 0.3 is 0 Å². The number of nitrogens with two attached hydrogens (primary N) is 1. The van der Waals surface area contributed by atoms with Gasteiger partial charge in [-0.3, -0.25) is 5.84 Å². The van der Waals surface area contributed by atoms with Crippen LogP contribution in [0.5, 0.6) is 0 Å². The molecule has 1 fully saturated rings. The van der Waals surface area contributed by atoms with E-state index in [2.05, 4.69) is 10.4 Å². The Balaban J connectivity index is 2.04. The summed E-state index contributed by atoms with van der Waals surface area (Å²) in [6.07, 6.45) is 0.140. The average Bonchev–Trinajstić information content (AvgIpc) is 2.74. The van der Waals surface area contributed by atoms with Crippen molar-refractivity contribution in [2.75, 3.05) is 18.1 Å². The lowest BCUT2D eigenvalue weighted by atomic mass is 10.1. The Morgan fingerprint density at radius 2 is 2.64 bits per heavy atom. The van der Waals surface area contributed by atoms with Crippen LogP contribution in [0.4, 0.5) is 0 Å². The zero-order chi connectivity index (χ0) is 9.80. The van der Waals surface area contributed by atoms with E-state index in [1.54, 1.807) is 11.3 Å². The molecule has 0 bridgehead atoms. The van der Waals surface area contributed by atoms with Crippen molar-refractivity contribution in [3.05, 3.63) is 16.6 Å². The third-order valence-corrected chi connectivity index (χ3v) is 3.79. The van der Waals surface area contributed by atoms with Crippen LogP contribution < -0.4 is 11.3 Å². The molecule has 0 radical (unpaired) electrons. The zero-order valence-corrected chi connectivity index (χ0v) is 9.31. The fourth-order valence-corrected chi connectivity index (χ4v) is 2.95. The minimum atomic E-state index is 0.0223. The van der Waals surface area contributed by atoms with Gasteiger partial charge in [-0.2, -0.15) is 11.8 Å². The second-order valence-corrected chi connectivity index (χ2v) is 4.91. The Bertz CT molecular complexity index is 262. The van der Waals surface area contributed by atoms with Crippen molar-refractivity contribution in [2.24, 2.45) is 5.84 Å². The predicted octanol–water partition coefficient (Wildman–Crippen LogP) is 0.779. The summed E-state index contributed by atoms with van der Waals surface area (Å²) < 4.78 is 5.66. The summed E-state index contributed by atoms with van der Waals surface area (Å²) in [5, 5.41) is 2.01. The maximum atomic E-state index is 5.66. The predicted molar refractivity (Wildman–Crippen MR) is 59.2 cm³/mol. The SMILES string of the molecule is NNC(c1cscn1)C1CSCCO1. The maximum absolute atomic E-state index is 5.66. The molecule has 14 heavy (non-hydrogen) atoms. The van der Waals surface area contributed by atoms with Crippen LogP contribution in [0.2, 0.25) is 0 Å². The second kappa shape index (κ2) is 5.09. The number of thiazole rings is 1. The fraction of sp³-hybridized carbons (Fsp3) is 0.625. The van der Waals surface area contributed by atoms with E-state index in [1.165, 1.54) is 0 Å². The van der Waals surface area contributed by atoms with Crippen molar-refractivity contribution in [2.45, 2.75) is 12.1 Å². The first-order valence-corrected chi connectivity index (χ1v) is 6.55. The molecule has 0 aromatic carbocycles. The Hall–Kier alpha value is -0.140. The summed E-state index contributed by atoms with van der Waals surface area (Å²) >= 11 is 3.48. The Morgan fingerprint density at radius 1 is 1.71 bits per heavy atom. The first kappa shape index (κ1) is 10.4. The molecule has 2 rings (SSSR count). The monoisotopic (exact) mass is 231 g/mol. The van der Waals surface area contributed by atoms with Gasteiger partial charge in [0.1, 0.15) is 0 Å². The lowest BCUT2D eigenvalue weighted by Gasteiger charge is -2.28. The van der Waals surface area contributed by atoms with Crippen LogP contribution in [-0.4, -0.2) is 29.2 Å². The smallest absolute Gasteiger partial charge is 0.0910 e. The highest BCUT2D eigenvalue weighted by Gasteiger charge is 2.26. The second-order valence-electron chi connectivity index (χ2n) is 3.04. The van der Waals surface area contributed by atoms with Gasteiger partial charge in [0.15, 0.2) is 0 Å². The number of hydrazine groups is 1. The van der Waals surface area contributed by atoms with Gasteiger partial charge in [0, 0.05) is 16.9 Å². The number of ether oxygens (including phenoxy) is 1. The normalized spacial score (nSPS) is 24.8. The first-order valence-electron chi connectivity index (χ1n) is 4.45. The largest absolute Gasteiger partial charge is 0.374 e. The number of rotatable bonds is 3. The molecule has 1 saturated heterocycles. The first-order chi connectivity index (χ1) is 6.92. The summed E-state index contributed by atoms with van der Waals surface area (Å²) in [6, 6.07) is 0.0223. The van der Waals surface area contributed by atoms with E-state index >= 15 is 0 Å². The molecule has 2 atom stereocenters. The van der Waals surface area contributed by atoms with E-state index in [9.17, 15) is 0 Å². The highest BCUT2D eigenvalue weighted by molar-refractivity contribution is 7.99. The van der Waals surface area contributed by atoms with Crippen LogP contribution >= 0.6 is 23.1 Å². The van der Waals surface area contributed by atoms with Gasteiger partial charge < -0.3 is 4.74 Å². The van der Waals surface area contributed by atoms with Gasteiger partial charge in [-0.05, 0) is 0 Å². The fourth-order valence-electron chi connectivity index (χ4n) is 1.46. The van der Waals surface area contributed by atoms with Gasteiger partial charge in [-0.25, -0.2) is 10.4 Å². The summed E-state index contributed by atoms with van der Waals surface area (Å²) in [5.74, 6) is 7.57. The zero-order valence-electron chi connectivity index (χ0n) is 7.68. The molecule has 2 unspecified atom stereocenters. The minimum Gasteiger partial charge on any atom is -0.374 e. The molecule has 1 aliphatic heterocycles. The van der Waals surface area contributed by atoms with Crippen LogP contribution in [-0.2, 0) is 4.74 Å². The van der Waals surface area contributed by atoms with Crippen molar-refractivity contribution in [1.82, 2.24) is 10.4 Å². The molecular weight excluding hydrogens is 218 g/mol.